The van der Waals surface area contributed by atoms with Gasteiger partial charge in [-0.1, -0.05) is 18.5 Å². The molecule has 2 aromatic rings. The predicted molar refractivity (Wildman–Crippen MR) is 87.9 cm³/mol. The zero-order chi connectivity index (χ0) is 15.2. The van der Waals surface area contributed by atoms with Gasteiger partial charge in [0.25, 0.3) is 5.91 Å². The number of nitrogens with zero attached hydrogens (tertiary/aromatic N) is 2. The van der Waals surface area contributed by atoms with E-state index in [1.54, 1.807) is 24.4 Å². The smallest absolute Gasteiger partial charge is 0.257 e. The van der Waals surface area contributed by atoms with Crippen molar-refractivity contribution in [3.05, 3.63) is 45.7 Å². The Balaban J connectivity index is 2.19. The first kappa shape index (κ1) is 15.7. The zero-order valence-corrected chi connectivity index (χ0v) is 13.7. The quantitative estimate of drug-likeness (QED) is 0.783. The number of anilines is 2. The Morgan fingerprint density at radius 3 is 2.95 bits per heavy atom. The molecule has 0 aliphatic carbocycles. The number of aromatic nitrogens is 2. The van der Waals surface area contributed by atoms with E-state index in [1.165, 1.54) is 6.07 Å². The topological polar surface area (TPSA) is 66.9 Å². The average Bonchev–Trinajstić information content (AvgIpc) is 2.47. The van der Waals surface area contributed by atoms with Crippen molar-refractivity contribution in [1.29, 1.82) is 0 Å². The van der Waals surface area contributed by atoms with Crippen LogP contribution in [0.2, 0.25) is 5.15 Å². The van der Waals surface area contributed by atoms with Gasteiger partial charge in [0, 0.05) is 18.3 Å². The van der Waals surface area contributed by atoms with E-state index < -0.39 is 0 Å². The second kappa shape index (κ2) is 7.38. The summed E-state index contributed by atoms with van der Waals surface area (Å²) < 4.78 is 0.711. The van der Waals surface area contributed by atoms with Crippen molar-refractivity contribution in [3.63, 3.8) is 0 Å². The third-order valence-corrected chi connectivity index (χ3v) is 3.44. The molecule has 1 amide bonds. The molecular weight excluding hydrogens is 356 g/mol. The highest BCUT2D eigenvalue weighted by molar-refractivity contribution is 9.10. The number of pyridine rings is 2. The van der Waals surface area contributed by atoms with Crippen molar-refractivity contribution < 1.29 is 4.79 Å². The average molecular weight is 370 g/mol. The Hall–Kier alpha value is -1.66. The fraction of sp³-hybridized carbons (Fsp3) is 0.214. The van der Waals surface area contributed by atoms with Crippen LogP contribution in [0, 0.1) is 0 Å². The second-order valence-electron chi connectivity index (χ2n) is 4.28. The van der Waals surface area contributed by atoms with Crippen molar-refractivity contribution in [1.82, 2.24) is 9.97 Å². The first-order valence-corrected chi connectivity index (χ1v) is 7.60. The van der Waals surface area contributed by atoms with E-state index >= 15 is 0 Å². The van der Waals surface area contributed by atoms with Crippen LogP contribution in [0.15, 0.2) is 34.9 Å². The van der Waals surface area contributed by atoms with Crippen LogP contribution in [0.1, 0.15) is 23.7 Å². The molecule has 0 atom stereocenters. The molecule has 2 heterocycles. The van der Waals surface area contributed by atoms with Crippen molar-refractivity contribution in [2.24, 2.45) is 0 Å². The number of halogens is 2. The van der Waals surface area contributed by atoms with Crippen molar-refractivity contribution in [2.45, 2.75) is 13.3 Å². The van der Waals surface area contributed by atoms with Gasteiger partial charge in [-0.25, -0.2) is 9.97 Å². The Kier molecular flexibility index (Phi) is 5.52. The van der Waals surface area contributed by atoms with Crippen LogP contribution in [0.25, 0.3) is 0 Å². The van der Waals surface area contributed by atoms with Gasteiger partial charge in [0.1, 0.15) is 16.8 Å². The molecule has 110 valence electrons. The minimum Gasteiger partial charge on any atom is -0.370 e. The van der Waals surface area contributed by atoms with E-state index in [4.69, 9.17) is 11.6 Å². The standard InChI is InChI=1S/C14H14BrClN4O/c1-2-5-17-12-8-9(7-11(16)19-12)14(21)20-13-10(15)4-3-6-18-13/h3-4,6-8H,2,5H2,1H3,(H,17,19)(H,18,20,21). The molecule has 0 aliphatic heterocycles. The first-order chi connectivity index (χ1) is 10.1. The number of nitrogens with one attached hydrogen (secondary N) is 2. The van der Waals surface area contributed by atoms with Gasteiger partial charge < -0.3 is 10.6 Å². The van der Waals surface area contributed by atoms with E-state index in [-0.39, 0.29) is 11.1 Å². The van der Waals surface area contributed by atoms with Crippen LogP contribution in [0.3, 0.4) is 0 Å². The van der Waals surface area contributed by atoms with Gasteiger partial charge in [-0.3, -0.25) is 4.79 Å². The van der Waals surface area contributed by atoms with Gasteiger partial charge in [0.2, 0.25) is 0 Å². The minimum absolute atomic E-state index is 0.265. The summed E-state index contributed by atoms with van der Waals surface area (Å²) in [5.41, 5.74) is 0.422. The lowest BCUT2D eigenvalue weighted by molar-refractivity contribution is 0.102. The Morgan fingerprint density at radius 2 is 2.24 bits per heavy atom. The first-order valence-electron chi connectivity index (χ1n) is 6.43. The number of hydrogen-bond donors (Lipinski definition) is 2. The normalized spacial score (nSPS) is 10.2. The van der Waals surface area contributed by atoms with Gasteiger partial charge in [-0.2, -0.15) is 0 Å². The summed E-state index contributed by atoms with van der Waals surface area (Å²) in [5, 5.41) is 6.10. The summed E-state index contributed by atoms with van der Waals surface area (Å²) >= 11 is 9.28. The zero-order valence-electron chi connectivity index (χ0n) is 11.4. The van der Waals surface area contributed by atoms with Crippen molar-refractivity contribution in [3.8, 4) is 0 Å². The highest BCUT2D eigenvalue weighted by Crippen LogP contribution is 2.20. The molecule has 0 bridgehead atoms. The third-order valence-electron chi connectivity index (χ3n) is 2.60. The maximum absolute atomic E-state index is 12.3. The Labute approximate surface area is 136 Å². The lowest BCUT2D eigenvalue weighted by Crippen LogP contribution is -2.14. The molecule has 0 spiro atoms. The molecule has 2 rings (SSSR count). The summed E-state index contributed by atoms with van der Waals surface area (Å²) in [7, 11) is 0. The summed E-state index contributed by atoms with van der Waals surface area (Å²) in [6, 6.07) is 6.75. The molecule has 2 aromatic heterocycles. The molecule has 21 heavy (non-hydrogen) atoms. The minimum atomic E-state index is -0.293. The molecule has 0 saturated carbocycles. The number of carbonyl (C=O) groups excluding carboxylic acids is 1. The number of hydrogen-bond acceptors (Lipinski definition) is 4. The van der Waals surface area contributed by atoms with Gasteiger partial charge in [0.05, 0.1) is 4.47 Å². The largest absolute Gasteiger partial charge is 0.370 e. The molecule has 5 nitrogen and oxygen atoms in total. The fourth-order valence-electron chi connectivity index (χ4n) is 1.63. The number of carbonyl (C=O) groups is 1. The summed E-state index contributed by atoms with van der Waals surface area (Å²) in [6.45, 7) is 2.81. The van der Waals surface area contributed by atoms with Gasteiger partial charge in [-0.15, -0.1) is 0 Å². The lowest BCUT2D eigenvalue weighted by atomic mass is 10.2. The van der Waals surface area contributed by atoms with E-state index in [0.29, 0.717) is 21.7 Å². The van der Waals surface area contributed by atoms with Gasteiger partial charge >= 0.3 is 0 Å². The van der Waals surface area contributed by atoms with E-state index in [1.807, 2.05) is 6.92 Å². The Morgan fingerprint density at radius 1 is 1.43 bits per heavy atom. The monoisotopic (exact) mass is 368 g/mol. The van der Waals surface area contributed by atoms with Gasteiger partial charge in [0.15, 0.2) is 0 Å². The molecular formula is C14H14BrClN4O. The highest BCUT2D eigenvalue weighted by atomic mass is 79.9. The molecule has 0 radical (unpaired) electrons. The van der Waals surface area contributed by atoms with Crippen molar-refractivity contribution in [2.75, 3.05) is 17.2 Å². The Bertz CT molecular complexity index is 651. The van der Waals surface area contributed by atoms with Gasteiger partial charge in [-0.05, 0) is 46.6 Å². The maximum atomic E-state index is 12.3. The van der Waals surface area contributed by atoms with Crippen LogP contribution < -0.4 is 10.6 Å². The van der Waals surface area contributed by atoms with Crippen LogP contribution in [-0.4, -0.2) is 22.4 Å². The van der Waals surface area contributed by atoms with E-state index in [0.717, 1.165) is 13.0 Å². The van der Waals surface area contributed by atoms with Crippen LogP contribution in [-0.2, 0) is 0 Å². The molecule has 7 heteroatoms. The lowest BCUT2D eigenvalue weighted by Gasteiger charge is -2.09. The maximum Gasteiger partial charge on any atom is 0.257 e. The summed E-state index contributed by atoms with van der Waals surface area (Å²) in [6.07, 6.45) is 2.56. The summed E-state index contributed by atoms with van der Waals surface area (Å²) in [4.78, 5) is 20.5. The van der Waals surface area contributed by atoms with E-state index in [2.05, 4.69) is 36.5 Å². The molecule has 2 N–H and O–H groups in total. The van der Waals surface area contributed by atoms with Crippen LogP contribution in [0.5, 0.6) is 0 Å². The number of amides is 1. The van der Waals surface area contributed by atoms with Crippen molar-refractivity contribution >= 4 is 45.1 Å². The van der Waals surface area contributed by atoms with Crippen LogP contribution >= 0.6 is 27.5 Å². The third kappa shape index (κ3) is 4.41. The van der Waals surface area contributed by atoms with E-state index in [9.17, 15) is 4.79 Å². The van der Waals surface area contributed by atoms with Crippen LogP contribution in [0.4, 0.5) is 11.6 Å². The molecule has 0 aliphatic rings. The highest BCUT2D eigenvalue weighted by Gasteiger charge is 2.11. The predicted octanol–water partition coefficient (Wildman–Crippen LogP) is 3.97. The molecule has 0 aromatic carbocycles. The fourth-order valence-corrected chi connectivity index (χ4v) is 2.19. The second-order valence-corrected chi connectivity index (χ2v) is 5.52. The molecule has 0 fully saturated rings. The summed E-state index contributed by atoms with van der Waals surface area (Å²) in [5.74, 6) is 0.742. The number of rotatable bonds is 5. The molecule has 0 unspecified atom stereocenters. The SMILES string of the molecule is CCCNc1cc(C(=O)Nc2ncccc2Br)cc(Cl)n1. The molecule has 0 saturated heterocycles.